The Hall–Kier alpha value is -0.590. The van der Waals surface area contributed by atoms with Crippen molar-refractivity contribution >= 4 is 37.0 Å². The molecule has 1 amide bonds. The van der Waals surface area contributed by atoms with Crippen molar-refractivity contribution in [1.82, 2.24) is 4.90 Å². The lowest BCUT2D eigenvalue weighted by Gasteiger charge is -2.14. The van der Waals surface area contributed by atoms with E-state index in [4.69, 9.17) is 10.7 Å². The average molecular weight is 282 g/mol. The van der Waals surface area contributed by atoms with E-state index in [-0.39, 0.29) is 10.1 Å². The van der Waals surface area contributed by atoms with Gasteiger partial charge in [-0.3, -0.25) is 4.79 Å². The number of rotatable bonds is 4. The first-order valence-corrected chi connectivity index (χ1v) is 7.83. The fourth-order valence-electron chi connectivity index (χ4n) is 1.21. The van der Waals surface area contributed by atoms with Gasteiger partial charge in [0, 0.05) is 29.7 Å². The molecule has 0 N–H and O–H groups in total. The van der Waals surface area contributed by atoms with Crippen molar-refractivity contribution in [2.45, 2.75) is 17.6 Å². The molecule has 0 aromatic carbocycles. The van der Waals surface area contributed by atoms with Crippen molar-refractivity contribution in [3.05, 3.63) is 17.0 Å². The Bertz CT molecular complexity index is 481. The van der Waals surface area contributed by atoms with Gasteiger partial charge in [0.1, 0.15) is 4.21 Å². The highest BCUT2D eigenvalue weighted by Crippen LogP contribution is 2.24. The summed E-state index contributed by atoms with van der Waals surface area (Å²) in [5, 5.41) is 1.50. The minimum atomic E-state index is -3.73. The molecule has 0 atom stereocenters. The quantitative estimate of drug-likeness (QED) is 0.795. The van der Waals surface area contributed by atoms with Gasteiger partial charge in [-0.05, 0) is 12.5 Å². The zero-order valence-corrected chi connectivity index (χ0v) is 11.3. The molecule has 0 saturated heterocycles. The maximum absolute atomic E-state index is 11.8. The first kappa shape index (κ1) is 13.5. The van der Waals surface area contributed by atoms with Crippen LogP contribution in [0.4, 0.5) is 0 Å². The molecule has 7 heteroatoms. The summed E-state index contributed by atoms with van der Waals surface area (Å²) in [6, 6.07) is 1.31. The van der Waals surface area contributed by atoms with Crippen molar-refractivity contribution < 1.29 is 13.2 Å². The van der Waals surface area contributed by atoms with E-state index in [1.165, 1.54) is 11.4 Å². The Balaban J connectivity index is 2.91. The molecule has 0 unspecified atom stereocenters. The molecule has 1 aromatic heterocycles. The SMILES string of the molecule is CCCN(C)C(=O)c1csc(S(=O)(=O)Cl)c1. The summed E-state index contributed by atoms with van der Waals surface area (Å²) in [4.78, 5) is 13.3. The summed E-state index contributed by atoms with van der Waals surface area (Å²) < 4.78 is 22.0. The van der Waals surface area contributed by atoms with Crippen LogP contribution >= 0.6 is 22.0 Å². The van der Waals surface area contributed by atoms with Gasteiger partial charge in [-0.2, -0.15) is 0 Å². The van der Waals surface area contributed by atoms with Gasteiger partial charge < -0.3 is 4.90 Å². The van der Waals surface area contributed by atoms with E-state index in [0.717, 1.165) is 17.8 Å². The predicted molar refractivity (Wildman–Crippen MR) is 64.6 cm³/mol. The third-order valence-electron chi connectivity index (χ3n) is 1.97. The summed E-state index contributed by atoms with van der Waals surface area (Å²) in [7, 11) is 3.12. The number of hydrogen-bond acceptors (Lipinski definition) is 4. The van der Waals surface area contributed by atoms with Crippen LogP contribution < -0.4 is 0 Å². The van der Waals surface area contributed by atoms with Gasteiger partial charge in [-0.25, -0.2) is 8.42 Å². The largest absolute Gasteiger partial charge is 0.342 e. The van der Waals surface area contributed by atoms with Gasteiger partial charge in [-0.1, -0.05) is 6.92 Å². The van der Waals surface area contributed by atoms with Crippen molar-refractivity contribution in [3.63, 3.8) is 0 Å². The van der Waals surface area contributed by atoms with Gasteiger partial charge in [-0.15, -0.1) is 11.3 Å². The second kappa shape index (κ2) is 5.16. The van der Waals surface area contributed by atoms with Gasteiger partial charge in [0.15, 0.2) is 0 Å². The summed E-state index contributed by atoms with van der Waals surface area (Å²) in [5.74, 6) is -0.190. The van der Waals surface area contributed by atoms with Crippen LogP contribution in [0.1, 0.15) is 23.7 Å². The van der Waals surface area contributed by atoms with Gasteiger partial charge in [0.25, 0.3) is 15.0 Å². The molecule has 1 aromatic rings. The lowest BCUT2D eigenvalue weighted by molar-refractivity contribution is 0.0795. The third kappa shape index (κ3) is 3.20. The Kier molecular flexibility index (Phi) is 4.35. The average Bonchev–Trinajstić information content (AvgIpc) is 2.65. The van der Waals surface area contributed by atoms with Crippen molar-refractivity contribution in [2.24, 2.45) is 0 Å². The number of carbonyl (C=O) groups excluding carboxylic acids is 1. The van der Waals surface area contributed by atoms with Crippen molar-refractivity contribution in [2.75, 3.05) is 13.6 Å². The first-order chi connectivity index (χ1) is 7.36. The van der Waals surface area contributed by atoms with E-state index in [0.29, 0.717) is 12.1 Å². The summed E-state index contributed by atoms with van der Waals surface area (Å²) in [6.45, 7) is 2.60. The van der Waals surface area contributed by atoms with Crippen LogP contribution in [0.5, 0.6) is 0 Å². The number of carbonyl (C=O) groups is 1. The highest BCUT2D eigenvalue weighted by Gasteiger charge is 2.18. The number of nitrogens with zero attached hydrogens (tertiary/aromatic N) is 1. The molecular weight excluding hydrogens is 270 g/mol. The molecule has 0 aliphatic rings. The topological polar surface area (TPSA) is 54.5 Å². The standard InChI is InChI=1S/C9H12ClNO3S2/c1-3-4-11(2)9(12)7-5-8(15-6-7)16(10,13)14/h5-6H,3-4H2,1-2H3. The second-order valence-corrected chi connectivity index (χ2v) is 7.02. The van der Waals surface area contributed by atoms with Gasteiger partial charge in [0.05, 0.1) is 5.56 Å². The van der Waals surface area contributed by atoms with E-state index in [1.54, 1.807) is 11.9 Å². The maximum atomic E-state index is 11.8. The maximum Gasteiger partial charge on any atom is 0.270 e. The van der Waals surface area contributed by atoms with Gasteiger partial charge >= 0.3 is 0 Å². The Labute approximate surface area is 103 Å². The van der Waals surface area contributed by atoms with Crippen LogP contribution in [0.3, 0.4) is 0 Å². The molecule has 0 spiro atoms. The molecule has 90 valence electrons. The number of halogens is 1. The fourth-order valence-corrected chi connectivity index (χ4v) is 3.15. The molecule has 1 rings (SSSR count). The summed E-state index contributed by atoms with van der Waals surface area (Å²) in [6.07, 6.45) is 0.854. The normalized spacial score (nSPS) is 11.4. The first-order valence-electron chi connectivity index (χ1n) is 4.65. The van der Waals surface area contributed by atoms with E-state index in [1.807, 2.05) is 6.92 Å². The van der Waals surface area contributed by atoms with Crippen LogP contribution in [0, 0.1) is 0 Å². The summed E-state index contributed by atoms with van der Waals surface area (Å²) in [5.41, 5.74) is 0.361. The minimum absolute atomic E-state index is 0.00224. The van der Waals surface area contributed by atoms with Crippen LogP contribution in [0.25, 0.3) is 0 Å². The van der Waals surface area contributed by atoms with Crippen molar-refractivity contribution in [1.29, 1.82) is 0 Å². The molecule has 0 aliphatic carbocycles. The highest BCUT2D eigenvalue weighted by molar-refractivity contribution is 8.15. The molecule has 0 radical (unpaired) electrons. The van der Waals surface area contributed by atoms with E-state index in [2.05, 4.69) is 0 Å². The van der Waals surface area contributed by atoms with Crippen LogP contribution in [-0.4, -0.2) is 32.8 Å². The Morgan fingerprint density at radius 3 is 2.62 bits per heavy atom. The number of amides is 1. The molecule has 4 nitrogen and oxygen atoms in total. The Morgan fingerprint density at radius 1 is 1.56 bits per heavy atom. The lowest BCUT2D eigenvalue weighted by Crippen LogP contribution is -2.26. The van der Waals surface area contributed by atoms with E-state index < -0.39 is 9.05 Å². The van der Waals surface area contributed by atoms with E-state index in [9.17, 15) is 13.2 Å². The molecule has 0 aliphatic heterocycles. The minimum Gasteiger partial charge on any atom is -0.342 e. The summed E-state index contributed by atoms with van der Waals surface area (Å²) >= 11 is 0.953. The molecule has 0 saturated carbocycles. The number of hydrogen-bond donors (Lipinski definition) is 0. The van der Waals surface area contributed by atoms with Crippen LogP contribution in [0.2, 0.25) is 0 Å². The lowest BCUT2D eigenvalue weighted by atomic mass is 10.3. The molecule has 16 heavy (non-hydrogen) atoms. The zero-order chi connectivity index (χ0) is 12.3. The molecule has 0 fully saturated rings. The van der Waals surface area contributed by atoms with E-state index >= 15 is 0 Å². The van der Waals surface area contributed by atoms with Gasteiger partial charge in [0.2, 0.25) is 0 Å². The second-order valence-electron chi connectivity index (χ2n) is 3.32. The predicted octanol–water partition coefficient (Wildman–Crippen LogP) is 2.16. The molecule has 0 bridgehead atoms. The Morgan fingerprint density at radius 2 is 2.19 bits per heavy atom. The van der Waals surface area contributed by atoms with Crippen LogP contribution in [-0.2, 0) is 9.05 Å². The molecular formula is C9H12ClNO3S2. The highest BCUT2D eigenvalue weighted by atomic mass is 35.7. The fraction of sp³-hybridized carbons (Fsp3) is 0.444. The van der Waals surface area contributed by atoms with Crippen molar-refractivity contribution in [3.8, 4) is 0 Å². The number of thiophene rings is 1. The molecule has 1 heterocycles. The third-order valence-corrected chi connectivity index (χ3v) is 5.01. The van der Waals surface area contributed by atoms with Crippen LogP contribution in [0.15, 0.2) is 15.7 Å². The zero-order valence-electron chi connectivity index (χ0n) is 8.94. The monoisotopic (exact) mass is 281 g/mol. The smallest absolute Gasteiger partial charge is 0.270 e.